The number of carbonyl (C=O) groups is 2. The lowest BCUT2D eigenvalue weighted by Crippen LogP contribution is -2.33. The summed E-state index contributed by atoms with van der Waals surface area (Å²) >= 11 is 0. The molecule has 8 aromatic carbocycles. The lowest BCUT2D eigenvalue weighted by Gasteiger charge is -2.35. The van der Waals surface area contributed by atoms with Gasteiger partial charge in [0.1, 0.15) is 11.5 Å². The molecule has 350 valence electrons. The van der Waals surface area contributed by atoms with Crippen molar-refractivity contribution in [1.82, 2.24) is 0 Å². The number of amides is 1. The van der Waals surface area contributed by atoms with Crippen LogP contribution >= 0.6 is 0 Å². The van der Waals surface area contributed by atoms with E-state index in [0.29, 0.717) is 16.8 Å². The third kappa shape index (κ3) is 7.06. The fraction of sp³-hybridized carbons (Fsp3) is 0.219. The molecule has 0 aromatic heterocycles. The first-order valence-electron chi connectivity index (χ1n) is 24.8. The maximum atomic E-state index is 14.3. The number of fused-ring (bicyclic) bond motifs is 6. The SMILES string of the molecule is CCC(C)(CC)Nc1ccc(C2(c3ccc(NC(=O)c4ccc(C5(c6ccc(C(=O)C(C)(CC)CC)cc6)c6ccccc6-c6ccccc65)cc4)c(O)c3)c3ccccc3-c3ccccc32)cc1O. The van der Waals surface area contributed by atoms with Crippen molar-refractivity contribution < 1.29 is 19.8 Å². The molecule has 10 rings (SSSR count). The van der Waals surface area contributed by atoms with Crippen LogP contribution in [0, 0.1) is 5.41 Å². The van der Waals surface area contributed by atoms with Crippen LogP contribution in [0.3, 0.4) is 0 Å². The number of phenolic OH excluding ortho intramolecular Hbond substituents is 2. The summed E-state index contributed by atoms with van der Waals surface area (Å²) in [5.74, 6) is -0.139. The predicted octanol–water partition coefficient (Wildman–Crippen LogP) is 15.1. The molecule has 0 saturated heterocycles. The molecule has 1 amide bonds. The molecule has 6 heteroatoms. The molecule has 0 aliphatic heterocycles. The van der Waals surface area contributed by atoms with Gasteiger partial charge in [-0.25, -0.2) is 0 Å². The van der Waals surface area contributed by atoms with Crippen LogP contribution < -0.4 is 10.6 Å². The summed E-state index contributed by atoms with van der Waals surface area (Å²) in [6, 6.07) is 60.9. The number of aromatic hydroxyl groups is 2. The van der Waals surface area contributed by atoms with E-state index in [-0.39, 0.29) is 34.4 Å². The van der Waals surface area contributed by atoms with Gasteiger partial charge in [0.25, 0.3) is 5.91 Å². The van der Waals surface area contributed by atoms with E-state index >= 15 is 0 Å². The molecular weight excluding hydrogens is 861 g/mol. The van der Waals surface area contributed by atoms with Crippen molar-refractivity contribution in [2.24, 2.45) is 5.41 Å². The lowest BCUT2D eigenvalue weighted by molar-refractivity contribution is 0.0802. The molecule has 70 heavy (non-hydrogen) atoms. The van der Waals surface area contributed by atoms with Gasteiger partial charge in [-0.2, -0.15) is 0 Å². The van der Waals surface area contributed by atoms with Crippen molar-refractivity contribution in [1.29, 1.82) is 0 Å². The van der Waals surface area contributed by atoms with Gasteiger partial charge in [0.05, 0.1) is 22.2 Å². The number of anilines is 2. The van der Waals surface area contributed by atoms with Crippen molar-refractivity contribution >= 4 is 23.1 Å². The predicted molar refractivity (Wildman–Crippen MR) is 284 cm³/mol. The largest absolute Gasteiger partial charge is 0.506 e. The van der Waals surface area contributed by atoms with Crippen LogP contribution in [-0.2, 0) is 10.8 Å². The maximum Gasteiger partial charge on any atom is 0.255 e. The Labute approximate surface area is 412 Å². The fourth-order valence-electron chi connectivity index (χ4n) is 11.4. The minimum atomic E-state index is -0.896. The quantitative estimate of drug-likeness (QED) is 0.0643. The van der Waals surface area contributed by atoms with Gasteiger partial charge in [-0.15, -0.1) is 0 Å². The summed E-state index contributed by atoms with van der Waals surface area (Å²) in [6.45, 7) is 12.6. The Balaban J connectivity index is 1.01. The van der Waals surface area contributed by atoms with Crippen molar-refractivity contribution in [3.05, 3.63) is 238 Å². The summed E-state index contributed by atoms with van der Waals surface area (Å²) in [7, 11) is 0. The van der Waals surface area contributed by atoms with E-state index in [1.807, 2.05) is 85.8 Å². The highest BCUT2D eigenvalue weighted by molar-refractivity contribution is 6.05. The molecule has 0 radical (unpaired) electrons. The highest BCUT2D eigenvalue weighted by Gasteiger charge is 2.48. The molecule has 0 atom stereocenters. The van der Waals surface area contributed by atoms with Crippen LogP contribution in [0.4, 0.5) is 11.4 Å². The summed E-state index contributed by atoms with van der Waals surface area (Å²) in [5.41, 5.74) is 12.3. The van der Waals surface area contributed by atoms with E-state index in [2.05, 4.69) is 136 Å². The molecule has 0 spiro atoms. The molecule has 2 aliphatic rings. The third-order valence-corrected chi connectivity index (χ3v) is 16.3. The smallest absolute Gasteiger partial charge is 0.255 e. The Morgan fingerprint density at radius 3 is 1.19 bits per heavy atom. The van der Waals surface area contributed by atoms with E-state index in [0.717, 1.165) is 92.4 Å². The monoisotopic (exact) mass is 920 g/mol. The number of phenols is 2. The number of benzene rings is 8. The molecule has 6 nitrogen and oxygen atoms in total. The van der Waals surface area contributed by atoms with E-state index < -0.39 is 16.2 Å². The number of hydrogen-bond acceptors (Lipinski definition) is 5. The number of rotatable bonds is 14. The Morgan fingerprint density at radius 2 is 0.800 bits per heavy atom. The molecule has 0 fully saturated rings. The van der Waals surface area contributed by atoms with E-state index in [1.54, 1.807) is 12.1 Å². The van der Waals surface area contributed by atoms with E-state index in [4.69, 9.17) is 0 Å². The number of nitrogens with one attached hydrogen (secondary N) is 2. The second kappa shape index (κ2) is 17.7. The van der Waals surface area contributed by atoms with Crippen LogP contribution in [-0.4, -0.2) is 27.4 Å². The molecule has 0 saturated carbocycles. The summed E-state index contributed by atoms with van der Waals surface area (Å²) < 4.78 is 0. The van der Waals surface area contributed by atoms with E-state index in [1.165, 1.54) is 0 Å². The highest BCUT2D eigenvalue weighted by atomic mass is 16.3. The van der Waals surface area contributed by atoms with Gasteiger partial charge >= 0.3 is 0 Å². The van der Waals surface area contributed by atoms with Crippen LogP contribution in [0.15, 0.2) is 182 Å². The first kappa shape index (κ1) is 46.1. The molecule has 8 aromatic rings. The van der Waals surface area contributed by atoms with Gasteiger partial charge in [-0.05, 0) is 136 Å². The Hall–Kier alpha value is -7.70. The summed E-state index contributed by atoms with van der Waals surface area (Å²) in [4.78, 5) is 28.1. The molecular formula is C64H60N2O4. The number of hydrogen-bond donors (Lipinski definition) is 4. The Morgan fingerprint density at radius 1 is 0.443 bits per heavy atom. The summed E-state index contributed by atoms with van der Waals surface area (Å²) in [5, 5.41) is 30.3. The highest BCUT2D eigenvalue weighted by Crippen LogP contribution is 2.58. The van der Waals surface area contributed by atoms with Crippen LogP contribution in [0.5, 0.6) is 11.5 Å². The van der Waals surface area contributed by atoms with Gasteiger partial charge in [0.15, 0.2) is 5.78 Å². The minimum Gasteiger partial charge on any atom is -0.506 e. The zero-order chi connectivity index (χ0) is 49.0. The van der Waals surface area contributed by atoms with Crippen molar-refractivity contribution in [2.75, 3.05) is 10.6 Å². The Bertz CT molecular complexity index is 3210. The second-order valence-electron chi connectivity index (χ2n) is 19.7. The van der Waals surface area contributed by atoms with Gasteiger partial charge in [-0.3, -0.25) is 9.59 Å². The lowest BCUT2D eigenvalue weighted by atomic mass is 9.67. The molecule has 2 aliphatic carbocycles. The number of ketones is 1. The van der Waals surface area contributed by atoms with Gasteiger partial charge in [-0.1, -0.05) is 180 Å². The maximum absolute atomic E-state index is 14.3. The second-order valence-corrected chi connectivity index (χ2v) is 19.7. The average molecular weight is 921 g/mol. The van der Waals surface area contributed by atoms with Crippen molar-refractivity contribution in [3.63, 3.8) is 0 Å². The number of carbonyl (C=O) groups excluding carboxylic acids is 2. The van der Waals surface area contributed by atoms with Crippen molar-refractivity contribution in [2.45, 2.75) is 83.6 Å². The average Bonchev–Trinajstić information content (AvgIpc) is 3.88. The minimum absolute atomic E-state index is 0.0777. The van der Waals surface area contributed by atoms with Crippen LogP contribution in [0.2, 0.25) is 0 Å². The molecule has 4 N–H and O–H groups in total. The van der Waals surface area contributed by atoms with Crippen LogP contribution in [0.25, 0.3) is 22.3 Å². The van der Waals surface area contributed by atoms with Crippen LogP contribution in [0.1, 0.15) is 132 Å². The Kier molecular flexibility index (Phi) is 11.6. The molecule has 0 unspecified atom stereocenters. The fourth-order valence-corrected chi connectivity index (χ4v) is 11.4. The van der Waals surface area contributed by atoms with Gasteiger partial charge in [0, 0.05) is 22.1 Å². The topological polar surface area (TPSA) is 98.7 Å². The zero-order valence-electron chi connectivity index (χ0n) is 40.9. The first-order chi connectivity index (χ1) is 33.9. The summed E-state index contributed by atoms with van der Waals surface area (Å²) in [6.07, 6.45) is 3.32. The molecule has 0 bridgehead atoms. The number of Topliss-reactive ketones (excluding diaryl/α,β-unsaturated/α-hetero) is 1. The van der Waals surface area contributed by atoms with Gasteiger partial charge < -0.3 is 20.8 Å². The van der Waals surface area contributed by atoms with Gasteiger partial charge in [0.2, 0.25) is 0 Å². The first-order valence-corrected chi connectivity index (χ1v) is 24.8. The normalized spacial score (nSPS) is 14.0. The standard InChI is InChI=1S/C64H60N2O4/c1-7-61(5,8-2)59(69)41-27-31-43(32-28-41)63(51-23-15-11-19-47(51)48-20-12-16-24-52(48)63)44-33-29-42(30-34-44)60(70)65-55-37-35-45(39-57(55)67)64(46-36-38-56(58(68)40-46)66-62(6,9-3)10-4)53-25-17-13-21-49(53)50-22-14-18-26-54(50)64/h11-40,66-68H,7-10H2,1-6H3,(H,65,70). The molecule has 0 heterocycles. The third-order valence-electron chi connectivity index (χ3n) is 16.3. The zero-order valence-corrected chi connectivity index (χ0v) is 40.9. The van der Waals surface area contributed by atoms with E-state index in [9.17, 15) is 19.8 Å². The van der Waals surface area contributed by atoms with Crippen molar-refractivity contribution in [3.8, 4) is 33.8 Å².